The molecule has 0 aliphatic heterocycles. The molecular formula is C9H10F9NO. The Bertz CT molecular complexity index is 344. The molecule has 1 amide bonds. The average Bonchev–Trinajstić information content (AvgIpc) is 2.11. The van der Waals surface area contributed by atoms with Crippen molar-refractivity contribution < 1.29 is 44.3 Å². The first-order valence-electron chi connectivity index (χ1n) is 5.07. The fourth-order valence-electron chi connectivity index (χ4n) is 1.08. The van der Waals surface area contributed by atoms with Crippen molar-refractivity contribution in [1.29, 1.82) is 0 Å². The molecule has 0 spiro atoms. The molecule has 0 aromatic carbocycles. The highest BCUT2D eigenvalue weighted by Gasteiger charge is 2.68. The van der Waals surface area contributed by atoms with E-state index in [1.165, 1.54) is 5.32 Å². The Hall–Kier alpha value is -1.16. The van der Waals surface area contributed by atoms with E-state index in [4.69, 9.17) is 0 Å². The van der Waals surface area contributed by atoms with Gasteiger partial charge in [-0.1, -0.05) is 0 Å². The topological polar surface area (TPSA) is 29.1 Å². The Kier molecular flexibility index (Phi) is 5.35. The molecule has 0 saturated carbocycles. The molecule has 0 aliphatic carbocycles. The van der Waals surface area contributed by atoms with Crippen molar-refractivity contribution in [2.75, 3.05) is 6.54 Å². The number of alkyl halides is 9. The summed E-state index contributed by atoms with van der Waals surface area (Å²) in [5.41, 5.74) is 0. The van der Waals surface area contributed by atoms with Crippen molar-refractivity contribution in [3.8, 4) is 0 Å². The zero-order chi connectivity index (χ0) is 16.4. The maximum absolute atomic E-state index is 12.9. The van der Waals surface area contributed by atoms with Crippen molar-refractivity contribution in [3.05, 3.63) is 0 Å². The van der Waals surface area contributed by atoms with Gasteiger partial charge in [-0.3, -0.25) is 4.79 Å². The smallest absolute Gasteiger partial charge is 0.356 e. The van der Waals surface area contributed by atoms with Gasteiger partial charge in [0.05, 0.1) is 0 Å². The summed E-state index contributed by atoms with van der Waals surface area (Å²) in [6.45, 7) is -1.71. The summed E-state index contributed by atoms with van der Waals surface area (Å²) in [6.07, 6.45) is -8.81. The van der Waals surface area contributed by atoms with Gasteiger partial charge in [0.1, 0.15) is 6.42 Å². The summed E-state index contributed by atoms with van der Waals surface area (Å²) in [6, 6.07) is 0. The predicted molar refractivity (Wildman–Crippen MR) is 48.8 cm³/mol. The summed E-state index contributed by atoms with van der Waals surface area (Å²) in [4.78, 5) is 10.6. The molecule has 0 unspecified atom stereocenters. The van der Waals surface area contributed by atoms with E-state index in [0.717, 1.165) is 0 Å². The van der Waals surface area contributed by atoms with E-state index in [-0.39, 0.29) is 0 Å². The fourth-order valence-corrected chi connectivity index (χ4v) is 1.08. The van der Waals surface area contributed by atoms with Crippen LogP contribution in [-0.2, 0) is 4.79 Å². The van der Waals surface area contributed by atoms with Crippen molar-refractivity contribution in [2.45, 2.75) is 43.7 Å². The molecule has 0 rings (SSSR count). The summed E-state index contributed by atoms with van der Waals surface area (Å²) >= 11 is 0. The Morgan fingerprint density at radius 3 is 1.75 bits per heavy atom. The minimum atomic E-state index is -5.69. The molecule has 0 radical (unpaired) electrons. The maximum atomic E-state index is 12.9. The first kappa shape index (κ1) is 18.8. The molecule has 0 bridgehead atoms. The van der Waals surface area contributed by atoms with E-state index in [9.17, 15) is 44.3 Å². The van der Waals surface area contributed by atoms with Gasteiger partial charge < -0.3 is 5.32 Å². The maximum Gasteiger partial charge on any atom is 0.397 e. The third-order valence-corrected chi connectivity index (χ3v) is 2.13. The molecule has 1 N–H and O–H groups in total. The minimum Gasteiger partial charge on any atom is -0.356 e. The van der Waals surface area contributed by atoms with E-state index in [1.54, 1.807) is 0 Å². The highest BCUT2D eigenvalue weighted by molar-refractivity contribution is 5.76. The zero-order valence-corrected chi connectivity index (χ0v) is 9.93. The first-order valence-corrected chi connectivity index (χ1v) is 5.07. The quantitative estimate of drug-likeness (QED) is 0.747. The highest BCUT2D eigenvalue weighted by Crippen LogP contribution is 2.46. The number of carbonyl (C=O) groups is 1. The molecule has 20 heavy (non-hydrogen) atoms. The van der Waals surface area contributed by atoms with Crippen molar-refractivity contribution in [2.24, 2.45) is 0 Å². The molecule has 120 valence electrons. The molecular weight excluding hydrogens is 309 g/mol. The van der Waals surface area contributed by atoms with Gasteiger partial charge in [0, 0.05) is 19.9 Å². The van der Waals surface area contributed by atoms with E-state index in [1.807, 2.05) is 0 Å². The van der Waals surface area contributed by atoms with E-state index in [0.29, 0.717) is 0 Å². The lowest BCUT2D eigenvalue weighted by Gasteiger charge is -2.30. The van der Waals surface area contributed by atoms with Crippen molar-refractivity contribution in [3.63, 3.8) is 0 Å². The third kappa shape index (κ3) is 5.08. The highest BCUT2D eigenvalue weighted by atomic mass is 19.4. The largest absolute Gasteiger partial charge is 0.397 e. The summed E-state index contributed by atoms with van der Waals surface area (Å²) in [5.74, 6) is -17.6. The Balaban J connectivity index is 4.49. The van der Waals surface area contributed by atoms with Crippen LogP contribution < -0.4 is 5.32 Å². The average molecular weight is 319 g/mol. The molecule has 0 atom stereocenters. The van der Waals surface area contributed by atoms with Crippen molar-refractivity contribution >= 4 is 5.91 Å². The van der Waals surface area contributed by atoms with Gasteiger partial charge in [-0.15, -0.1) is 0 Å². The standard InChI is InChI=1S/C9H10F9NO/c1-6(10,11)9(17,18)7(12,13)2-3-19-5(20)4-8(14,15)16/h2-4H2,1H3,(H,19,20). The molecule has 11 heteroatoms. The Morgan fingerprint density at radius 1 is 0.950 bits per heavy atom. The van der Waals surface area contributed by atoms with Crippen LogP contribution in [0.5, 0.6) is 0 Å². The monoisotopic (exact) mass is 319 g/mol. The van der Waals surface area contributed by atoms with Gasteiger partial charge in [0.15, 0.2) is 0 Å². The predicted octanol–water partition coefficient (Wildman–Crippen LogP) is 3.37. The number of hydrogen-bond donors (Lipinski definition) is 1. The van der Waals surface area contributed by atoms with E-state index >= 15 is 0 Å². The lowest BCUT2D eigenvalue weighted by atomic mass is 10.0. The van der Waals surface area contributed by atoms with Crippen LogP contribution in [0.25, 0.3) is 0 Å². The summed E-state index contributed by atoms with van der Waals surface area (Å²) in [7, 11) is 0. The normalized spacial score (nSPS) is 14.3. The SMILES string of the molecule is CC(F)(F)C(F)(F)C(F)(F)CCNC(=O)CC(F)(F)F. The van der Waals surface area contributed by atoms with Crippen LogP contribution >= 0.6 is 0 Å². The lowest BCUT2D eigenvalue weighted by molar-refractivity contribution is -0.303. The number of halogens is 9. The van der Waals surface area contributed by atoms with Crippen LogP contribution in [0.15, 0.2) is 0 Å². The zero-order valence-electron chi connectivity index (χ0n) is 9.93. The van der Waals surface area contributed by atoms with Gasteiger partial charge in [0.25, 0.3) is 0 Å². The van der Waals surface area contributed by atoms with E-state index < -0.39 is 56.2 Å². The van der Waals surface area contributed by atoms with E-state index in [2.05, 4.69) is 0 Å². The Morgan fingerprint density at radius 2 is 1.40 bits per heavy atom. The molecule has 0 fully saturated rings. The second-order valence-electron chi connectivity index (χ2n) is 4.06. The number of rotatable bonds is 6. The van der Waals surface area contributed by atoms with Crippen LogP contribution in [0.2, 0.25) is 0 Å². The molecule has 0 saturated heterocycles. The van der Waals surface area contributed by atoms with Gasteiger partial charge in [-0.2, -0.15) is 39.5 Å². The van der Waals surface area contributed by atoms with Crippen LogP contribution in [0.3, 0.4) is 0 Å². The third-order valence-electron chi connectivity index (χ3n) is 2.13. The fraction of sp³-hybridized carbons (Fsp3) is 0.889. The second kappa shape index (κ2) is 5.68. The van der Waals surface area contributed by atoms with Gasteiger partial charge >= 0.3 is 23.9 Å². The van der Waals surface area contributed by atoms with Gasteiger partial charge in [0.2, 0.25) is 5.91 Å². The van der Waals surface area contributed by atoms with Gasteiger partial charge in [-0.25, -0.2) is 0 Å². The first-order chi connectivity index (χ1) is 8.60. The number of carbonyl (C=O) groups excluding carboxylic acids is 1. The minimum absolute atomic E-state index is 0.414. The van der Waals surface area contributed by atoms with Crippen LogP contribution in [0.1, 0.15) is 19.8 Å². The summed E-state index contributed by atoms with van der Waals surface area (Å²) in [5, 5.41) is 1.30. The van der Waals surface area contributed by atoms with Crippen LogP contribution in [-0.4, -0.2) is 36.4 Å². The molecule has 0 aliphatic rings. The molecule has 0 aromatic rings. The number of amides is 1. The molecule has 0 heterocycles. The lowest BCUT2D eigenvalue weighted by Crippen LogP contribution is -2.53. The van der Waals surface area contributed by atoms with Crippen molar-refractivity contribution in [1.82, 2.24) is 5.32 Å². The number of hydrogen-bond acceptors (Lipinski definition) is 1. The van der Waals surface area contributed by atoms with Crippen LogP contribution in [0.4, 0.5) is 39.5 Å². The van der Waals surface area contributed by atoms with Crippen LogP contribution in [0, 0.1) is 0 Å². The molecule has 0 aromatic heterocycles. The van der Waals surface area contributed by atoms with Gasteiger partial charge in [-0.05, 0) is 0 Å². The summed E-state index contributed by atoms with van der Waals surface area (Å²) < 4.78 is 111. The molecule has 2 nitrogen and oxygen atoms in total. The second-order valence-corrected chi connectivity index (χ2v) is 4.06. The number of nitrogens with one attached hydrogen (secondary N) is 1. The Labute approximate surface area is 107 Å².